The number of amides is 1. The van der Waals surface area contributed by atoms with E-state index in [-0.39, 0.29) is 12.3 Å². The Labute approximate surface area is 77.5 Å². The quantitative estimate of drug-likeness (QED) is 0.597. The van der Waals surface area contributed by atoms with Gasteiger partial charge in [0, 0.05) is 33.0 Å². The zero-order valence-corrected chi connectivity index (χ0v) is 7.82. The Hall–Kier alpha value is -1.10. The summed E-state index contributed by atoms with van der Waals surface area (Å²) < 4.78 is 0. The van der Waals surface area contributed by atoms with E-state index < -0.39 is 5.97 Å². The first-order valence-electron chi connectivity index (χ1n) is 4.23. The highest BCUT2D eigenvalue weighted by atomic mass is 16.4. The zero-order chi connectivity index (χ0) is 10.3. The number of hydrogen-bond donors (Lipinski definition) is 2. The highest BCUT2D eigenvalue weighted by Crippen LogP contribution is 1.95. The molecule has 0 aliphatic rings. The number of carboxylic acids is 1. The molecule has 0 spiro atoms. The van der Waals surface area contributed by atoms with Crippen LogP contribution >= 0.6 is 0 Å². The second kappa shape index (κ2) is 6.42. The summed E-state index contributed by atoms with van der Waals surface area (Å²) in [6, 6.07) is 0. The Kier molecular flexibility index (Phi) is 5.88. The Balaban J connectivity index is 3.55. The van der Waals surface area contributed by atoms with Gasteiger partial charge in [-0.3, -0.25) is 9.59 Å². The second-order valence-corrected chi connectivity index (χ2v) is 2.85. The fraction of sp³-hybridized carbons (Fsp3) is 0.750. The van der Waals surface area contributed by atoms with Crippen LogP contribution in [0.4, 0.5) is 0 Å². The van der Waals surface area contributed by atoms with Crippen LogP contribution in [0.2, 0.25) is 0 Å². The van der Waals surface area contributed by atoms with Gasteiger partial charge in [-0.25, -0.2) is 0 Å². The minimum atomic E-state index is -0.834. The molecule has 0 saturated carbocycles. The van der Waals surface area contributed by atoms with E-state index in [2.05, 4.69) is 0 Å². The van der Waals surface area contributed by atoms with Gasteiger partial charge in [-0.1, -0.05) is 0 Å². The van der Waals surface area contributed by atoms with Gasteiger partial charge in [-0.15, -0.1) is 0 Å². The molecule has 0 bridgehead atoms. The molecular formula is C8H16N2O3. The van der Waals surface area contributed by atoms with E-state index >= 15 is 0 Å². The molecule has 0 saturated heterocycles. The average molecular weight is 188 g/mol. The molecule has 5 nitrogen and oxygen atoms in total. The maximum atomic E-state index is 11.1. The first-order chi connectivity index (χ1) is 6.07. The third kappa shape index (κ3) is 6.10. The molecule has 0 rings (SSSR count). The normalized spacial score (nSPS) is 9.69. The number of aliphatic carboxylic acids is 1. The van der Waals surface area contributed by atoms with Crippen LogP contribution < -0.4 is 5.73 Å². The van der Waals surface area contributed by atoms with Crippen LogP contribution in [0.25, 0.3) is 0 Å². The summed E-state index contributed by atoms with van der Waals surface area (Å²) in [5.74, 6) is -0.868. The van der Waals surface area contributed by atoms with Gasteiger partial charge >= 0.3 is 5.97 Å². The lowest BCUT2D eigenvalue weighted by Gasteiger charge is -2.15. The van der Waals surface area contributed by atoms with E-state index in [0.717, 1.165) is 0 Å². The minimum Gasteiger partial charge on any atom is -0.481 e. The molecular weight excluding hydrogens is 172 g/mol. The van der Waals surface area contributed by atoms with Gasteiger partial charge in [0.1, 0.15) is 0 Å². The molecule has 3 N–H and O–H groups in total. The van der Waals surface area contributed by atoms with Crippen LogP contribution in [-0.4, -0.2) is 42.0 Å². The SMILES string of the molecule is CN(CCCC(=O)O)C(=O)CCN. The molecule has 1 amide bonds. The maximum Gasteiger partial charge on any atom is 0.303 e. The smallest absolute Gasteiger partial charge is 0.303 e. The number of nitrogens with zero attached hydrogens (tertiary/aromatic N) is 1. The van der Waals surface area contributed by atoms with Gasteiger partial charge in [0.05, 0.1) is 0 Å². The highest BCUT2D eigenvalue weighted by molar-refractivity contribution is 5.76. The highest BCUT2D eigenvalue weighted by Gasteiger charge is 2.07. The molecule has 0 aliphatic carbocycles. The van der Waals surface area contributed by atoms with Crippen molar-refractivity contribution in [1.29, 1.82) is 0 Å². The summed E-state index contributed by atoms with van der Waals surface area (Å²) in [6.45, 7) is 0.813. The van der Waals surface area contributed by atoms with Crippen molar-refractivity contribution in [3.63, 3.8) is 0 Å². The van der Waals surface area contributed by atoms with Gasteiger partial charge in [-0.05, 0) is 6.42 Å². The van der Waals surface area contributed by atoms with E-state index in [9.17, 15) is 9.59 Å². The summed E-state index contributed by atoms with van der Waals surface area (Å²) in [6.07, 6.45) is 0.909. The van der Waals surface area contributed by atoms with Crippen LogP contribution in [0.1, 0.15) is 19.3 Å². The van der Waals surface area contributed by atoms with Crippen LogP contribution in [0.15, 0.2) is 0 Å². The molecule has 0 atom stereocenters. The summed E-state index contributed by atoms with van der Waals surface area (Å²) in [7, 11) is 1.65. The Bertz CT molecular complexity index is 182. The van der Waals surface area contributed by atoms with E-state index in [4.69, 9.17) is 10.8 Å². The maximum absolute atomic E-state index is 11.1. The summed E-state index contributed by atoms with van der Waals surface area (Å²) in [4.78, 5) is 22.8. The standard InChI is InChI=1S/C8H16N2O3/c1-10(7(11)4-5-9)6-2-3-8(12)13/h2-6,9H2,1H3,(H,12,13). The number of hydrogen-bond acceptors (Lipinski definition) is 3. The zero-order valence-electron chi connectivity index (χ0n) is 7.82. The lowest BCUT2D eigenvalue weighted by Crippen LogP contribution is -2.29. The Morgan fingerprint density at radius 1 is 1.38 bits per heavy atom. The predicted molar refractivity (Wildman–Crippen MR) is 48.2 cm³/mol. The molecule has 0 fully saturated rings. The van der Waals surface area contributed by atoms with Crippen molar-refractivity contribution in [1.82, 2.24) is 4.90 Å². The molecule has 0 aliphatic heterocycles. The second-order valence-electron chi connectivity index (χ2n) is 2.85. The van der Waals surface area contributed by atoms with E-state index in [1.165, 1.54) is 4.90 Å². The van der Waals surface area contributed by atoms with Gasteiger partial charge in [-0.2, -0.15) is 0 Å². The number of rotatable bonds is 6. The largest absolute Gasteiger partial charge is 0.481 e. The van der Waals surface area contributed by atoms with Gasteiger partial charge < -0.3 is 15.7 Å². The summed E-state index contributed by atoms with van der Waals surface area (Å²) in [5, 5.41) is 8.34. The van der Waals surface area contributed by atoms with Gasteiger partial charge in [0.15, 0.2) is 0 Å². The fourth-order valence-electron chi connectivity index (χ4n) is 0.906. The van der Waals surface area contributed by atoms with Gasteiger partial charge in [0.2, 0.25) is 5.91 Å². The molecule has 0 aromatic carbocycles. The first-order valence-corrected chi connectivity index (χ1v) is 4.23. The van der Waals surface area contributed by atoms with Crippen molar-refractivity contribution < 1.29 is 14.7 Å². The molecule has 76 valence electrons. The van der Waals surface area contributed by atoms with Crippen molar-refractivity contribution in [2.45, 2.75) is 19.3 Å². The third-order valence-corrected chi connectivity index (χ3v) is 1.67. The molecule has 0 unspecified atom stereocenters. The molecule has 0 heterocycles. The van der Waals surface area contributed by atoms with E-state index in [1.54, 1.807) is 7.05 Å². The Morgan fingerprint density at radius 3 is 2.46 bits per heavy atom. The number of carbonyl (C=O) groups is 2. The number of carbonyl (C=O) groups excluding carboxylic acids is 1. The fourth-order valence-corrected chi connectivity index (χ4v) is 0.906. The third-order valence-electron chi connectivity index (χ3n) is 1.67. The average Bonchev–Trinajstić information content (AvgIpc) is 2.04. The van der Waals surface area contributed by atoms with Crippen LogP contribution in [-0.2, 0) is 9.59 Å². The van der Waals surface area contributed by atoms with Crippen molar-refractivity contribution in [3.8, 4) is 0 Å². The van der Waals surface area contributed by atoms with Crippen molar-refractivity contribution in [2.24, 2.45) is 5.73 Å². The lowest BCUT2D eigenvalue weighted by atomic mass is 10.3. The summed E-state index contributed by atoms with van der Waals surface area (Å²) in [5.41, 5.74) is 5.20. The lowest BCUT2D eigenvalue weighted by molar-refractivity contribution is -0.138. The number of nitrogens with two attached hydrogens (primary N) is 1. The summed E-state index contributed by atoms with van der Waals surface area (Å²) >= 11 is 0. The predicted octanol–water partition coefficient (Wildman–Crippen LogP) is -0.342. The van der Waals surface area contributed by atoms with Crippen molar-refractivity contribution >= 4 is 11.9 Å². The van der Waals surface area contributed by atoms with E-state index in [0.29, 0.717) is 25.9 Å². The molecule has 0 radical (unpaired) electrons. The topological polar surface area (TPSA) is 83.6 Å². The Morgan fingerprint density at radius 2 is 2.00 bits per heavy atom. The van der Waals surface area contributed by atoms with Crippen LogP contribution in [0.3, 0.4) is 0 Å². The minimum absolute atomic E-state index is 0.0344. The molecule has 13 heavy (non-hydrogen) atoms. The van der Waals surface area contributed by atoms with E-state index in [1.807, 2.05) is 0 Å². The molecule has 5 heteroatoms. The van der Waals surface area contributed by atoms with Crippen LogP contribution in [0.5, 0.6) is 0 Å². The number of carboxylic acid groups (broad SMARTS) is 1. The van der Waals surface area contributed by atoms with Crippen molar-refractivity contribution in [2.75, 3.05) is 20.1 Å². The van der Waals surface area contributed by atoms with Gasteiger partial charge in [0.25, 0.3) is 0 Å². The monoisotopic (exact) mass is 188 g/mol. The molecule has 0 aromatic rings. The first kappa shape index (κ1) is 11.9. The molecule has 0 aromatic heterocycles. The van der Waals surface area contributed by atoms with Crippen molar-refractivity contribution in [3.05, 3.63) is 0 Å². The van der Waals surface area contributed by atoms with Crippen LogP contribution in [0, 0.1) is 0 Å².